The molecule has 0 spiro atoms. The van der Waals surface area contributed by atoms with Crippen LogP contribution in [0.2, 0.25) is 0 Å². The molecule has 0 nitrogen and oxygen atoms in total. The van der Waals surface area contributed by atoms with E-state index in [1.807, 2.05) is 34.6 Å². The summed E-state index contributed by atoms with van der Waals surface area (Å²) in [5.41, 5.74) is -3.66. The highest BCUT2D eigenvalue weighted by Crippen LogP contribution is 2.44. The molecular weight excluding hydrogens is 504 g/mol. The Bertz CT molecular complexity index is 928. The number of thioether (sulfide) groups is 2. The molecule has 1 aliphatic carbocycles. The van der Waals surface area contributed by atoms with Crippen molar-refractivity contribution in [3.63, 3.8) is 0 Å². The molecule has 192 valence electrons. The lowest BCUT2D eigenvalue weighted by Crippen LogP contribution is -2.15. The van der Waals surface area contributed by atoms with Gasteiger partial charge in [-0.15, -0.1) is 23.5 Å². The second-order valence-corrected chi connectivity index (χ2v) is 9.25. The molecule has 10 heteroatoms. The fourth-order valence-electron chi connectivity index (χ4n) is 3.46. The number of benzene rings is 2. The minimum absolute atomic E-state index is 0.293. The van der Waals surface area contributed by atoms with E-state index < -0.39 is 67.5 Å². The van der Waals surface area contributed by atoms with E-state index >= 15 is 0 Å². The zero-order valence-electron chi connectivity index (χ0n) is 19.8. The molecule has 0 unspecified atom stereocenters. The third-order valence-electron chi connectivity index (χ3n) is 5.15. The summed E-state index contributed by atoms with van der Waals surface area (Å²) < 4.78 is 115. The van der Waals surface area contributed by atoms with E-state index in [1.165, 1.54) is 0 Å². The molecule has 0 aliphatic heterocycles. The number of halogens is 8. The maximum atomic E-state index is 14.6. The molecule has 2 aromatic rings. The highest BCUT2D eigenvalue weighted by atomic mass is 32.2. The third kappa shape index (κ3) is 6.04. The Hall–Kier alpha value is -1.42. The predicted molar refractivity (Wildman–Crippen MR) is 123 cm³/mol. The maximum Gasteiger partial charge on any atom is 0.176 e. The molecule has 2 aromatic carbocycles. The summed E-state index contributed by atoms with van der Waals surface area (Å²) in [5, 5.41) is -0.293. The molecule has 3 rings (SSSR count). The Morgan fingerprint density at radius 1 is 0.529 bits per heavy atom. The van der Waals surface area contributed by atoms with Crippen molar-refractivity contribution >= 4 is 23.5 Å². The molecule has 1 aliphatic rings. The van der Waals surface area contributed by atoms with Crippen LogP contribution in [0.25, 0.3) is 11.1 Å². The van der Waals surface area contributed by atoms with Crippen LogP contribution >= 0.6 is 23.5 Å². The first kappa shape index (κ1) is 30.6. The van der Waals surface area contributed by atoms with Crippen molar-refractivity contribution in [3.05, 3.63) is 46.5 Å². The molecule has 0 N–H and O–H groups in total. The lowest BCUT2D eigenvalue weighted by Gasteiger charge is -2.26. The summed E-state index contributed by atoms with van der Waals surface area (Å²) in [6.07, 6.45) is 3.83. The van der Waals surface area contributed by atoms with Crippen molar-refractivity contribution in [3.8, 4) is 11.1 Å². The lowest BCUT2D eigenvalue weighted by molar-refractivity contribution is 0.390. The summed E-state index contributed by atoms with van der Waals surface area (Å²) >= 11 is 0.926. The van der Waals surface area contributed by atoms with Gasteiger partial charge in [0.1, 0.15) is 0 Å². The van der Waals surface area contributed by atoms with Gasteiger partial charge in [0.05, 0.1) is 20.9 Å². The van der Waals surface area contributed by atoms with Crippen LogP contribution in [0.3, 0.4) is 0 Å². The highest BCUT2D eigenvalue weighted by molar-refractivity contribution is 8.00. The van der Waals surface area contributed by atoms with E-state index in [0.29, 0.717) is 42.3 Å². The van der Waals surface area contributed by atoms with Crippen LogP contribution in [0.4, 0.5) is 35.1 Å². The Labute approximate surface area is 203 Å². The van der Waals surface area contributed by atoms with Crippen LogP contribution in [0.15, 0.2) is 9.79 Å². The van der Waals surface area contributed by atoms with Crippen LogP contribution in [-0.2, 0) is 0 Å². The van der Waals surface area contributed by atoms with Crippen LogP contribution < -0.4 is 0 Å². The summed E-state index contributed by atoms with van der Waals surface area (Å²) in [4.78, 5) is -2.02. The largest absolute Gasteiger partial charge is 0.203 e. The Balaban J connectivity index is 0.00000137. The van der Waals surface area contributed by atoms with Crippen molar-refractivity contribution < 1.29 is 35.1 Å². The van der Waals surface area contributed by atoms with Crippen molar-refractivity contribution in [2.75, 3.05) is 6.26 Å². The number of rotatable bonds is 4. The minimum atomic E-state index is -2.14. The van der Waals surface area contributed by atoms with Gasteiger partial charge in [-0.1, -0.05) is 34.6 Å². The van der Waals surface area contributed by atoms with Crippen LogP contribution in [0, 0.1) is 52.5 Å². The first-order chi connectivity index (χ1) is 16.1. The minimum Gasteiger partial charge on any atom is -0.203 e. The second kappa shape index (κ2) is 13.6. The van der Waals surface area contributed by atoms with Crippen molar-refractivity contribution in [2.24, 2.45) is 5.92 Å². The van der Waals surface area contributed by atoms with Gasteiger partial charge in [0.25, 0.3) is 0 Å². The van der Waals surface area contributed by atoms with Crippen molar-refractivity contribution in [1.29, 1.82) is 0 Å². The van der Waals surface area contributed by atoms with Crippen LogP contribution in [0.1, 0.15) is 60.3 Å². The quantitative estimate of drug-likeness (QED) is 0.218. The van der Waals surface area contributed by atoms with Crippen molar-refractivity contribution in [1.82, 2.24) is 0 Å². The van der Waals surface area contributed by atoms with Gasteiger partial charge in [0.15, 0.2) is 46.5 Å². The Morgan fingerprint density at radius 2 is 0.853 bits per heavy atom. The second-order valence-electron chi connectivity index (χ2n) is 7.12. The van der Waals surface area contributed by atoms with Gasteiger partial charge in [-0.25, -0.2) is 35.1 Å². The third-order valence-corrected chi connectivity index (χ3v) is 7.31. The lowest BCUT2D eigenvalue weighted by atomic mass is 9.91. The molecule has 0 heterocycles. The monoisotopic (exact) mass is 532 g/mol. The smallest absolute Gasteiger partial charge is 0.176 e. The van der Waals surface area contributed by atoms with Gasteiger partial charge in [0, 0.05) is 5.25 Å². The van der Waals surface area contributed by atoms with Crippen LogP contribution in [0.5, 0.6) is 0 Å². The standard InChI is InChI=1S/C20H16F8S2.2C2H6/c1-7-3-5-8(6-4-7)30-20-17(27)13(23)10(14(24)18(20)28)9-11(21)15(25)19(29-2)16(26)12(9)22;2*1-2/h7-8H,3-6H2,1-2H3;2*1-2H3. The molecule has 34 heavy (non-hydrogen) atoms. The molecule has 0 amide bonds. The van der Waals surface area contributed by atoms with Gasteiger partial charge in [-0.2, -0.15) is 0 Å². The molecule has 1 fully saturated rings. The first-order valence-electron chi connectivity index (χ1n) is 11.0. The summed E-state index contributed by atoms with van der Waals surface area (Å²) in [7, 11) is 0. The fourth-order valence-corrected chi connectivity index (χ4v) is 5.22. The van der Waals surface area contributed by atoms with E-state index in [2.05, 4.69) is 0 Å². The zero-order valence-corrected chi connectivity index (χ0v) is 21.5. The van der Waals surface area contributed by atoms with Gasteiger partial charge in [-0.05, 0) is 37.9 Å². The van der Waals surface area contributed by atoms with E-state index in [-0.39, 0.29) is 5.25 Å². The number of hydrogen-bond donors (Lipinski definition) is 0. The van der Waals surface area contributed by atoms with Gasteiger partial charge < -0.3 is 0 Å². The maximum absolute atomic E-state index is 14.6. The SMILES string of the molecule is CC.CC.CSc1c(F)c(F)c(-c2c(F)c(F)c(SC3CCC(C)CC3)c(F)c2F)c(F)c1F. The van der Waals surface area contributed by atoms with E-state index in [9.17, 15) is 35.1 Å². The van der Waals surface area contributed by atoms with E-state index in [4.69, 9.17) is 0 Å². The molecule has 0 radical (unpaired) electrons. The molecule has 0 bridgehead atoms. The van der Waals surface area contributed by atoms with Gasteiger partial charge in [0.2, 0.25) is 0 Å². The summed E-state index contributed by atoms with van der Waals surface area (Å²) in [6, 6.07) is 0. The Morgan fingerprint density at radius 3 is 1.18 bits per heavy atom. The van der Waals surface area contributed by atoms with Gasteiger partial charge in [-0.3, -0.25) is 0 Å². The fraction of sp³-hybridized carbons (Fsp3) is 0.500. The molecular formula is C24H28F8S2. The summed E-state index contributed by atoms with van der Waals surface area (Å²) in [5.74, 6) is -15.6. The predicted octanol–water partition coefficient (Wildman–Crippen LogP) is 9.91. The molecule has 0 aromatic heterocycles. The van der Waals surface area contributed by atoms with E-state index in [1.54, 1.807) is 0 Å². The first-order valence-corrected chi connectivity index (χ1v) is 13.1. The summed E-state index contributed by atoms with van der Waals surface area (Å²) in [6.45, 7) is 10.0. The highest BCUT2D eigenvalue weighted by Gasteiger charge is 2.35. The topological polar surface area (TPSA) is 0 Å². The Kier molecular flexibility index (Phi) is 12.3. The van der Waals surface area contributed by atoms with Gasteiger partial charge >= 0.3 is 0 Å². The van der Waals surface area contributed by atoms with E-state index in [0.717, 1.165) is 19.1 Å². The normalized spacial score (nSPS) is 17.5. The molecule has 0 saturated heterocycles. The average molecular weight is 533 g/mol. The molecule has 0 atom stereocenters. The molecule has 1 saturated carbocycles. The van der Waals surface area contributed by atoms with Crippen LogP contribution in [-0.4, -0.2) is 11.5 Å². The zero-order chi connectivity index (χ0) is 26.3. The van der Waals surface area contributed by atoms with Crippen molar-refractivity contribution in [2.45, 2.75) is 75.3 Å². The average Bonchev–Trinajstić information content (AvgIpc) is 2.85. The number of hydrogen-bond acceptors (Lipinski definition) is 2.